The van der Waals surface area contributed by atoms with Crippen molar-refractivity contribution in [1.82, 2.24) is 14.4 Å². The molecule has 0 saturated carbocycles. The normalized spacial score (nSPS) is 10.3. The zero-order valence-corrected chi connectivity index (χ0v) is 13.5. The van der Waals surface area contributed by atoms with Crippen LogP contribution in [0.5, 0.6) is 0 Å². The van der Waals surface area contributed by atoms with E-state index in [9.17, 15) is 0 Å². The van der Waals surface area contributed by atoms with Crippen LogP contribution >= 0.6 is 11.3 Å². The third-order valence-electron chi connectivity index (χ3n) is 2.59. The zero-order valence-electron chi connectivity index (χ0n) is 9.94. The molecule has 0 aliphatic carbocycles. The van der Waals surface area contributed by atoms with Gasteiger partial charge in [0.1, 0.15) is 5.65 Å². The fourth-order valence-corrected chi connectivity index (χ4v) is 2.66. The predicted molar refractivity (Wildman–Crippen MR) is 69.4 cm³/mol. The first kappa shape index (κ1) is 13.2. The molecule has 0 fully saturated rings. The van der Waals surface area contributed by atoms with Crippen LogP contribution in [0.4, 0.5) is 5.13 Å². The number of anilines is 1. The number of hydrogen-bond acceptors (Lipinski definition) is 4. The molecule has 1 N–H and O–H groups in total. The number of thiazole rings is 1. The molecule has 3 aromatic rings. The third-order valence-corrected chi connectivity index (χ3v) is 3.57. The van der Waals surface area contributed by atoms with Crippen molar-refractivity contribution in [2.45, 2.75) is 6.92 Å². The van der Waals surface area contributed by atoms with Crippen molar-refractivity contribution in [3.63, 3.8) is 0 Å². The summed E-state index contributed by atoms with van der Waals surface area (Å²) in [5, 5.41) is 3.89. The summed E-state index contributed by atoms with van der Waals surface area (Å²) in [6.45, 7) is 2.01. The van der Waals surface area contributed by atoms with Gasteiger partial charge in [-0.05, 0) is 38.0 Å². The van der Waals surface area contributed by atoms with Crippen molar-refractivity contribution in [3.8, 4) is 10.6 Å². The molecule has 0 unspecified atom stereocenters. The van der Waals surface area contributed by atoms with Crippen LogP contribution in [0.15, 0.2) is 24.4 Å². The minimum absolute atomic E-state index is 0. The standard InChI is InChI=1S/C12H11N4S.Re/c1-8-11(9-7-14-12(13-2)17-9)16-6-4-3-5-10(16)15-8;/h3-6H,1-2H3,(H,13,14);/q-1;. The fraction of sp³-hybridized carbons (Fsp3) is 0.167. The Morgan fingerprint density at radius 3 is 2.94 bits per heavy atom. The van der Waals surface area contributed by atoms with Crippen LogP contribution < -0.4 is 5.32 Å². The van der Waals surface area contributed by atoms with E-state index < -0.39 is 0 Å². The molecule has 3 rings (SSSR count). The molecular weight excluding hydrogens is 418 g/mol. The summed E-state index contributed by atoms with van der Waals surface area (Å²) in [6.07, 6.45) is 5.05. The number of aryl methyl sites for hydroxylation is 1. The first-order valence-electron chi connectivity index (χ1n) is 5.30. The Morgan fingerprint density at radius 2 is 2.22 bits per heavy atom. The van der Waals surface area contributed by atoms with Crippen LogP contribution in [-0.2, 0) is 20.4 Å². The average Bonchev–Trinajstić information content (AvgIpc) is 2.91. The summed E-state index contributed by atoms with van der Waals surface area (Å²) in [5.41, 5.74) is 3.02. The molecule has 93 valence electrons. The van der Waals surface area contributed by atoms with Crippen molar-refractivity contribution in [2.24, 2.45) is 0 Å². The topological polar surface area (TPSA) is 42.2 Å². The van der Waals surface area contributed by atoms with E-state index in [0.717, 1.165) is 27.0 Å². The third kappa shape index (κ3) is 2.08. The van der Waals surface area contributed by atoms with Gasteiger partial charge in [0.05, 0.1) is 5.13 Å². The van der Waals surface area contributed by atoms with E-state index in [1.165, 1.54) is 0 Å². The van der Waals surface area contributed by atoms with Gasteiger partial charge < -0.3 is 14.7 Å². The average molecular weight is 430 g/mol. The Kier molecular flexibility index (Phi) is 3.81. The van der Waals surface area contributed by atoms with E-state index in [0.29, 0.717) is 0 Å². The maximum atomic E-state index is 4.53. The van der Waals surface area contributed by atoms with E-state index in [1.54, 1.807) is 11.3 Å². The number of hydrogen-bond donors (Lipinski definition) is 1. The summed E-state index contributed by atoms with van der Waals surface area (Å²) >= 11 is 1.58. The van der Waals surface area contributed by atoms with Crippen molar-refractivity contribution in [2.75, 3.05) is 12.4 Å². The number of rotatable bonds is 2. The molecular formula is C12H11N4ReS-. The second-order valence-corrected chi connectivity index (χ2v) is 4.68. The molecule has 0 atom stereocenters. The molecule has 3 heterocycles. The molecule has 0 aromatic carbocycles. The summed E-state index contributed by atoms with van der Waals surface area (Å²) < 4.78 is 2.07. The van der Waals surface area contributed by atoms with Crippen LogP contribution in [0.3, 0.4) is 0 Å². The van der Waals surface area contributed by atoms with E-state index in [2.05, 4.69) is 25.9 Å². The van der Waals surface area contributed by atoms with Crippen molar-refractivity contribution >= 4 is 22.1 Å². The summed E-state index contributed by atoms with van der Waals surface area (Å²) in [6, 6.07) is 5.98. The van der Waals surface area contributed by atoms with Crippen LogP contribution in [0.2, 0.25) is 0 Å². The van der Waals surface area contributed by atoms with E-state index in [-0.39, 0.29) is 20.4 Å². The van der Waals surface area contributed by atoms with E-state index in [4.69, 9.17) is 0 Å². The Balaban J connectivity index is 0.00000120. The summed E-state index contributed by atoms with van der Waals surface area (Å²) in [7, 11) is 1.86. The van der Waals surface area contributed by atoms with Gasteiger partial charge in [0, 0.05) is 26.1 Å². The molecule has 18 heavy (non-hydrogen) atoms. The van der Waals surface area contributed by atoms with Crippen molar-refractivity contribution in [1.29, 1.82) is 0 Å². The number of nitrogens with one attached hydrogen (secondary N) is 1. The summed E-state index contributed by atoms with van der Waals surface area (Å²) in [4.78, 5) is 9.71. The SMILES string of the molecule is CNc1n[c-]c(-c2c(C)nc3ccccn23)s1.[Re]. The largest absolute Gasteiger partial charge is 0.416 e. The minimum Gasteiger partial charge on any atom is -0.416 e. The number of aromatic nitrogens is 3. The van der Waals surface area contributed by atoms with Gasteiger partial charge in [0.2, 0.25) is 0 Å². The first-order chi connectivity index (χ1) is 8.29. The molecule has 0 aliphatic heterocycles. The zero-order chi connectivity index (χ0) is 11.8. The smallest absolute Gasteiger partial charge is 0.125 e. The minimum atomic E-state index is 0. The summed E-state index contributed by atoms with van der Waals surface area (Å²) in [5.74, 6) is 0. The van der Waals surface area contributed by atoms with Gasteiger partial charge in [-0.25, -0.2) is 4.98 Å². The van der Waals surface area contributed by atoms with Crippen LogP contribution in [0, 0.1) is 13.1 Å². The first-order valence-corrected chi connectivity index (χ1v) is 6.11. The van der Waals surface area contributed by atoms with Gasteiger partial charge in [-0.15, -0.1) is 0 Å². The van der Waals surface area contributed by atoms with E-state index >= 15 is 0 Å². The monoisotopic (exact) mass is 430 g/mol. The maximum absolute atomic E-state index is 4.53. The fourth-order valence-electron chi connectivity index (χ4n) is 1.84. The second-order valence-electron chi connectivity index (χ2n) is 3.68. The molecule has 4 nitrogen and oxygen atoms in total. The van der Waals surface area contributed by atoms with Gasteiger partial charge in [-0.1, -0.05) is 17.1 Å². The Hall–Kier alpha value is -1.22. The van der Waals surface area contributed by atoms with Gasteiger partial charge in [-0.3, -0.25) is 0 Å². The molecule has 0 spiro atoms. The molecule has 6 heteroatoms. The van der Waals surface area contributed by atoms with Crippen molar-refractivity contribution < 1.29 is 20.4 Å². The molecule has 0 amide bonds. The predicted octanol–water partition coefficient (Wildman–Crippen LogP) is 2.61. The number of imidazole rings is 1. The molecule has 3 aromatic heterocycles. The number of fused-ring (bicyclic) bond motifs is 1. The Labute approximate surface area is 123 Å². The molecule has 0 bridgehead atoms. The molecule has 0 saturated heterocycles. The Morgan fingerprint density at radius 1 is 1.39 bits per heavy atom. The molecule has 0 aliphatic rings. The van der Waals surface area contributed by atoms with Crippen molar-refractivity contribution in [3.05, 3.63) is 36.3 Å². The Bertz CT molecular complexity index is 674. The van der Waals surface area contributed by atoms with Crippen LogP contribution in [0.25, 0.3) is 16.2 Å². The van der Waals surface area contributed by atoms with E-state index in [1.807, 2.05) is 38.4 Å². The van der Waals surface area contributed by atoms with Gasteiger partial charge >= 0.3 is 0 Å². The van der Waals surface area contributed by atoms with Crippen LogP contribution in [0.1, 0.15) is 5.69 Å². The second kappa shape index (κ2) is 5.19. The number of nitrogens with zero attached hydrogens (tertiary/aromatic N) is 3. The molecule has 1 radical (unpaired) electrons. The quantitative estimate of drug-likeness (QED) is 0.637. The van der Waals surface area contributed by atoms with Gasteiger partial charge in [0.25, 0.3) is 0 Å². The van der Waals surface area contributed by atoms with Crippen LogP contribution in [-0.4, -0.2) is 21.4 Å². The number of pyridine rings is 1. The maximum Gasteiger partial charge on any atom is 0.125 e. The van der Waals surface area contributed by atoms with Gasteiger partial charge in [0.15, 0.2) is 0 Å². The van der Waals surface area contributed by atoms with Gasteiger partial charge in [-0.2, -0.15) is 11.3 Å².